The van der Waals surface area contributed by atoms with E-state index in [1.54, 1.807) is 0 Å². The van der Waals surface area contributed by atoms with Gasteiger partial charge in [0.2, 0.25) is 5.91 Å². The number of amides is 1. The van der Waals surface area contributed by atoms with E-state index in [4.69, 9.17) is 9.47 Å². The summed E-state index contributed by atoms with van der Waals surface area (Å²) in [4.78, 5) is 32.3. The molecule has 1 spiro atoms. The van der Waals surface area contributed by atoms with Gasteiger partial charge in [0.05, 0.1) is 19.3 Å². The van der Waals surface area contributed by atoms with Gasteiger partial charge in [0.1, 0.15) is 5.75 Å². The summed E-state index contributed by atoms with van der Waals surface area (Å²) in [5, 5.41) is 0.951. The zero-order valence-electron chi connectivity index (χ0n) is 16.1. The number of nitrogens with one attached hydrogen (secondary N) is 1. The molecule has 0 bridgehead atoms. The second-order valence-corrected chi connectivity index (χ2v) is 7.84. The second kappa shape index (κ2) is 6.60. The van der Waals surface area contributed by atoms with Crippen LogP contribution in [0.1, 0.15) is 31.7 Å². The monoisotopic (exact) mass is 383 g/mol. The fourth-order valence-electron chi connectivity index (χ4n) is 5.05. The Balaban J connectivity index is 1.44. The van der Waals surface area contributed by atoms with Crippen LogP contribution in [0.15, 0.2) is 29.1 Å². The number of aromatic nitrogens is 1. The Morgan fingerprint density at radius 1 is 1.29 bits per heavy atom. The first-order valence-electron chi connectivity index (χ1n) is 10.1. The average Bonchev–Trinajstić information content (AvgIpc) is 3.16. The third-order valence-corrected chi connectivity index (χ3v) is 6.30. The van der Waals surface area contributed by atoms with Crippen molar-refractivity contribution in [2.75, 3.05) is 26.3 Å². The van der Waals surface area contributed by atoms with Crippen LogP contribution in [0, 0.1) is 0 Å². The van der Waals surface area contributed by atoms with Crippen molar-refractivity contribution in [3.8, 4) is 5.75 Å². The van der Waals surface area contributed by atoms with E-state index in [-0.39, 0.29) is 17.5 Å². The Bertz CT molecular complexity index is 987. The average molecular weight is 383 g/mol. The number of rotatable bonds is 4. The summed E-state index contributed by atoms with van der Waals surface area (Å²) in [5.41, 5.74) is 0.942. The Morgan fingerprint density at radius 3 is 3.04 bits per heavy atom. The largest absolute Gasteiger partial charge is 0.494 e. The minimum Gasteiger partial charge on any atom is -0.494 e. The molecule has 1 aromatic heterocycles. The lowest BCUT2D eigenvalue weighted by Gasteiger charge is -2.42. The smallest absolute Gasteiger partial charge is 0.252 e. The molecule has 28 heavy (non-hydrogen) atoms. The zero-order valence-corrected chi connectivity index (χ0v) is 16.1. The predicted molar refractivity (Wildman–Crippen MR) is 104 cm³/mol. The van der Waals surface area contributed by atoms with Gasteiger partial charge >= 0.3 is 0 Å². The fraction of sp³-hybridized carbons (Fsp3) is 0.524. The SMILES string of the molecule is CCOc1ccc2[nH]c(=O)c(CN3CC[C@@]45OCCCN4C(=O)C[C@@H]35)cc2c1. The molecule has 2 atom stereocenters. The minimum atomic E-state index is -0.485. The van der Waals surface area contributed by atoms with Gasteiger partial charge in [0.25, 0.3) is 5.56 Å². The molecule has 4 heterocycles. The number of aromatic amines is 1. The van der Waals surface area contributed by atoms with E-state index in [1.165, 1.54) is 0 Å². The third-order valence-electron chi connectivity index (χ3n) is 6.30. The highest BCUT2D eigenvalue weighted by Crippen LogP contribution is 2.45. The van der Waals surface area contributed by atoms with Crippen molar-refractivity contribution in [3.05, 3.63) is 40.2 Å². The first-order valence-corrected chi connectivity index (χ1v) is 10.1. The maximum atomic E-state index is 12.6. The predicted octanol–water partition coefficient (Wildman–Crippen LogP) is 1.85. The van der Waals surface area contributed by atoms with Gasteiger partial charge in [-0.15, -0.1) is 0 Å². The van der Waals surface area contributed by atoms with Crippen molar-refractivity contribution < 1.29 is 14.3 Å². The molecule has 3 aliphatic heterocycles. The van der Waals surface area contributed by atoms with Crippen LogP contribution in [0.3, 0.4) is 0 Å². The summed E-state index contributed by atoms with van der Waals surface area (Å²) in [6.07, 6.45) is 2.18. The summed E-state index contributed by atoms with van der Waals surface area (Å²) in [5.74, 6) is 0.962. The van der Waals surface area contributed by atoms with Crippen molar-refractivity contribution >= 4 is 16.8 Å². The Labute approximate surface area is 163 Å². The molecule has 0 unspecified atom stereocenters. The molecule has 1 aromatic carbocycles. The van der Waals surface area contributed by atoms with Gasteiger partial charge < -0.3 is 19.4 Å². The molecule has 2 aromatic rings. The Hall–Kier alpha value is -2.38. The lowest BCUT2D eigenvalue weighted by molar-refractivity contribution is -0.180. The second-order valence-electron chi connectivity index (χ2n) is 7.84. The van der Waals surface area contributed by atoms with E-state index in [9.17, 15) is 9.59 Å². The van der Waals surface area contributed by atoms with Gasteiger partial charge in [0.15, 0.2) is 5.72 Å². The maximum absolute atomic E-state index is 12.6. The van der Waals surface area contributed by atoms with E-state index < -0.39 is 5.72 Å². The standard InChI is InChI=1S/C21H25N3O4/c1-2-27-16-4-5-17-14(11-16)10-15(20(26)22-17)13-23-8-6-21-18(23)12-19(25)24(21)7-3-9-28-21/h4-5,10-11,18H,2-3,6-9,12-13H2,1H3,(H,22,26)/t18-,21+/m1/s1. The molecule has 3 saturated heterocycles. The molecule has 148 valence electrons. The van der Waals surface area contributed by atoms with E-state index in [2.05, 4.69) is 9.88 Å². The molecule has 1 amide bonds. The van der Waals surface area contributed by atoms with Gasteiger partial charge in [0, 0.05) is 48.9 Å². The quantitative estimate of drug-likeness (QED) is 0.872. The van der Waals surface area contributed by atoms with Crippen LogP contribution in [-0.4, -0.2) is 58.8 Å². The number of H-pyrrole nitrogens is 1. The van der Waals surface area contributed by atoms with E-state index in [0.29, 0.717) is 31.7 Å². The van der Waals surface area contributed by atoms with Crippen molar-refractivity contribution in [1.29, 1.82) is 0 Å². The first-order chi connectivity index (χ1) is 13.6. The van der Waals surface area contributed by atoms with Crippen LogP contribution in [0.4, 0.5) is 0 Å². The van der Waals surface area contributed by atoms with Crippen LogP contribution < -0.4 is 10.3 Å². The number of carbonyl (C=O) groups excluding carboxylic acids is 1. The van der Waals surface area contributed by atoms with E-state index >= 15 is 0 Å². The number of fused-ring (bicyclic) bond motifs is 1. The number of carbonyl (C=O) groups is 1. The first kappa shape index (κ1) is 17.7. The molecular weight excluding hydrogens is 358 g/mol. The van der Waals surface area contributed by atoms with Crippen molar-refractivity contribution in [3.63, 3.8) is 0 Å². The van der Waals surface area contributed by atoms with Crippen LogP contribution in [0.25, 0.3) is 10.9 Å². The van der Waals surface area contributed by atoms with E-state index in [0.717, 1.165) is 42.6 Å². The minimum absolute atomic E-state index is 0.0187. The zero-order chi connectivity index (χ0) is 19.3. The lowest BCUT2D eigenvalue weighted by atomic mass is 10.0. The van der Waals surface area contributed by atoms with Crippen molar-refractivity contribution in [2.45, 2.75) is 44.5 Å². The fourth-order valence-corrected chi connectivity index (χ4v) is 5.05. The normalized spacial score (nSPS) is 27.2. The number of pyridine rings is 1. The summed E-state index contributed by atoms with van der Waals surface area (Å²) >= 11 is 0. The highest BCUT2D eigenvalue weighted by molar-refractivity contribution is 5.81. The summed E-state index contributed by atoms with van der Waals surface area (Å²) in [6, 6.07) is 7.65. The molecule has 7 heteroatoms. The molecule has 0 saturated carbocycles. The maximum Gasteiger partial charge on any atom is 0.252 e. The van der Waals surface area contributed by atoms with Gasteiger partial charge in [-0.1, -0.05) is 0 Å². The highest BCUT2D eigenvalue weighted by Gasteiger charge is 2.60. The number of nitrogens with zero attached hydrogens (tertiary/aromatic N) is 2. The number of hydrogen-bond acceptors (Lipinski definition) is 5. The summed E-state index contributed by atoms with van der Waals surface area (Å²) in [6.45, 7) is 5.37. The highest BCUT2D eigenvalue weighted by atomic mass is 16.5. The van der Waals surface area contributed by atoms with E-state index in [1.807, 2.05) is 36.1 Å². The van der Waals surface area contributed by atoms with Crippen LogP contribution in [-0.2, 0) is 16.1 Å². The Kier molecular flexibility index (Phi) is 4.17. The lowest BCUT2D eigenvalue weighted by Crippen LogP contribution is -2.56. The number of likely N-dealkylation sites (tertiary alicyclic amines) is 1. The molecular formula is C21H25N3O4. The number of hydrogen-bond donors (Lipinski definition) is 1. The Morgan fingerprint density at radius 2 is 2.18 bits per heavy atom. The van der Waals surface area contributed by atoms with Gasteiger partial charge in [-0.05, 0) is 37.6 Å². The number of ether oxygens (including phenoxy) is 2. The molecule has 3 aliphatic rings. The molecule has 1 N–H and O–H groups in total. The van der Waals surface area contributed by atoms with Gasteiger partial charge in [-0.3, -0.25) is 14.5 Å². The summed E-state index contributed by atoms with van der Waals surface area (Å²) < 4.78 is 11.7. The molecule has 5 rings (SSSR count). The molecule has 3 fully saturated rings. The third kappa shape index (κ3) is 2.64. The molecule has 0 radical (unpaired) electrons. The van der Waals surface area contributed by atoms with Crippen LogP contribution in [0.5, 0.6) is 5.75 Å². The summed E-state index contributed by atoms with van der Waals surface area (Å²) in [7, 11) is 0. The van der Waals surface area contributed by atoms with Crippen molar-refractivity contribution in [2.24, 2.45) is 0 Å². The topological polar surface area (TPSA) is 74.9 Å². The number of benzene rings is 1. The van der Waals surface area contributed by atoms with Crippen LogP contribution >= 0.6 is 0 Å². The van der Waals surface area contributed by atoms with Gasteiger partial charge in [-0.2, -0.15) is 0 Å². The van der Waals surface area contributed by atoms with Gasteiger partial charge in [-0.25, -0.2) is 0 Å². The molecule has 0 aliphatic carbocycles. The van der Waals surface area contributed by atoms with Crippen molar-refractivity contribution in [1.82, 2.24) is 14.8 Å². The molecule has 7 nitrogen and oxygen atoms in total. The van der Waals surface area contributed by atoms with Crippen LogP contribution in [0.2, 0.25) is 0 Å².